The van der Waals surface area contributed by atoms with Crippen molar-refractivity contribution >= 4 is 5.97 Å². The SMILES string of the molecule is CCCC/C(=C\C(=O)OC(C)(C)C)C(F)(F)F. The molecule has 0 saturated carbocycles. The molecule has 0 aromatic heterocycles. The first-order chi connectivity index (χ1) is 7.56. The zero-order chi connectivity index (χ0) is 13.7. The maximum absolute atomic E-state index is 12.6. The number of rotatable bonds is 4. The van der Waals surface area contributed by atoms with Crippen molar-refractivity contribution in [1.82, 2.24) is 0 Å². The molecule has 0 rings (SSSR count). The standard InChI is InChI=1S/C12H19F3O2/c1-5-6-7-9(12(13,14)15)8-10(16)17-11(2,3)4/h8H,5-7H2,1-4H3/b9-8+. The molecular weight excluding hydrogens is 233 g/mol. The van der Waals surface area contributed by atoms with E-state index in [9.17, 15) is 18.0 Å². The predicted octanol–water partition coefficient (Wildman–Crippen LogP) is 4.01. The number of hydrogen-bond donors (Lipinski definition) is 0. The lowest BCUT2D eigenvalue weighted by atomic mass is 10.1. The molecule has 0 aromatic rings. The van der Waals surface area contributed by atoms with Crippen molar-refractivity contribution < 1.29 is 22.7 Å². The zero-order valence-corrected chi connectivity index (χ0v) is 10.6. The van der Waals surface area contributed by atoms with Crippen molar-refractivity contribution in [3.63, 3.8) is 0 Å². The Bertz CT molecular complexity index is 285. The normalized spacial score (nSPS) is 13.7. The van der Waals surface area contributed by atoms with Crippen molar-refractivity contribution in [2.24, 2.45) is 0 Å². The Morgan fingerprint density at radius 1 is 1.24 bits per heavy atom. The van der Waals surface area contributed by atoms with Gasteiger partial charge in [-0.1, -0.05) is 13.3 Å². The predicted molar refractivity (Wildman–Crippen MR) is 59.5 cm³/mol. The van der Waals surface area contributed by atoms with Crippen LogP contribution in [-0.4, -0.2) is 17.7 Å². The molecule has 0 saturated heterocycles. The molecule has 17 heavy (non-hydrogen) atoms. The van der Waals surface area contributed by atoms with E-state index in [0.29, 0.717) is 18.9 Å². The fourth-order valence-electron chi connectivity index (χ4n) is 1.14. The number of esters is 1. The number of hydrogen-bond acceptors (Lipinski definition) is 2. The third kappa shape index (κ3) is 7.82. The number of ether oxygens (including phenoxy) is 1. The topological polar surface area (TPSA) is 26.3 Å². The Morgan fingerprint density at radius 2 is 1.76 bits per heavy atom. The van der Waals surface area contributed by atoms with Crippen LogP contribution in [0.15, 0.2) is 11.6 Å². The summed E-state index contributed by atoms with van der Waals surface area (Å²) in [5.41, 5.74) is -1.61. The minimum absolute atomic E-state index is 0.154. The summed E-state index contributed by atoms with van der Waals surface area (Å²) in [6.45, 7) is 6.62. The molecule has 0 aliphatic carbocycles. The lowest BCUT2D eigenvalue weighted by Gasteiger charge is -2.19. The van der Waals surface area contributed by atoms with Crippen molar-refractivity contribution in [1.29, 1.82) is 0 Å². The van der Waals surface area contributed by atoms with Gasteiger partial charge in [0.2, 0.25) is 0 Å². The van der Waals surface area contributed by atoms with E-state index < -0.39 is 23.3 Å². The fourth-order valence-corrected chi connectivity index (χ4v) is 1.14. The van der Waals surface area contributed by atoms with Gasteiger partial charge in [-0.3, -0.25) is 0 Å². The Kier molecular flexibility index (Phi) is 5.72. The molecule has 0 atom stereocenters. The van der Waals surface area contributed by atoms with Gasteiger partial charge >= 0.3 is 12.1 Å². The molecule has 0 fully saturated rings. The molecule has 0 N–H and O–H groups in total. The Labute approximate surface area is 99.8 Å². The third-order valence-corrected chi connectivity index (χ3v) is 1.86. The van der Waals surface area contributed by atoms with E-state index in [-0.39, 0.29) is 6.42 Å². The fraction of sp³-hybridized carbons (Fsp3) is 0.750. The average molecular weight is 252 g/mol. The summed E-state index contributed by atoms with van der Waals surface area (Å²) in [6, 6.07) is 0. The first kappa shape index (κ1) is 16.0. The third-order valence-electron chi connectivity index (χ3n) is 1.86. The van der Waals surface area contributed by atoms with Gasteiger partial charge in [0.25, 0.3) is 0 Å². The van der Waals surface area contributed by atoms with Crippen LogP contribution in [0.1, 0.15) is 47.0 Å². The van der Waals surface area contributed by atoms with Gasteiger partial charge < -0.3 is 4.74 Å². The van der Waals surface area contributed by atoms with Crippen LogP contribution in [0.2, 0.25) is 0 Å². The van der Waals surface area contributed by atoms with E-state index >= 15 is 0 Å². The Morgan fingerprint density at radius 3 is 2.12 bits per heavy atom. The second-order valence-electron chi connectivity index (χ2n) is 4.80. The molecule has 0 spiro atoms. The van der Waals surface area contributed by atoms with E-state index in [4.69, 9.17) is 4.74 Å². The zero-order valence-electron chi connectivity index (χ0n) is 10.6. The van der Waals surface area contributed by atoms with Gasteiger partial charge in [0.05, 0.1) is 0 Å². The lowest BCUT2D eigenvalue weighted by Crippen LogP contribution is -2.24. The minimum atomic E-state index is -4.47. The first-order valence-corrected chi connectivity index (χ1v) is 5.57. The van der Waals surface area contributed by atoms with E-state index in [1.807, 2.05) is 0 Å². The summed E-state index contributed by atoms with van der Waals surface area (Å²) < 4.78 is 42.5. The van der Waals surface area contributed by atoms with Gasteiger partial charge in [0, 0.05) is 11.6 Å². The minimum Gasteiger partial charge on any atom is -0.457 e. The van der Waals surface area contributed by atoms with Crippen molar-refractivity contribution in [3.05, 3.63) is 11.6 Å². The van der Waals surface area contributed by atoms with E-state index in [1.54, 1.807) is 27.7 Å². The van der Waals surface area contributed by atoms with Gasteiger partial charge in [-0.2, -0.15) is 13.2 Å². The average Bonchev–Trinajstić information content (AvgIpc) is 2.07. The maximum atomic E-state index is 12.6. The molecule has 0 aliphatic heterocycles. The number of alkyl halides is 3. The maximum Gasteiger partial charge on any atom is 0.412 e. The van der Waals surface area contributed by atoms with Crippen LogP contribution >= 0.6 is 0 Å². The highest BCUT2D eigenvalue weighted by molar-refractivity contribution is 5.83. The van der Waals surface area contributed by atoms with Crippen LogP contribution in [-0.2, 0) is 9.53 Å². The van der Waals surface area contributed by atoms with Crippen LogP contribution < -0.4 is 0 Å². The van der Waals surface area contributed by atoms with Crippen LogP contribution in [0, 0.1) is 0 Å². The molecule has 0 radical (unpaired) electrons. The smallest absolute Gasteiger partial charge is 0.412 e. The van der Waals surface area contributed by atoms with Gasteiger partial charge in [0.15, 0.2) is 0 Å². The highest BCUT2D eigenvalue weighted by Crippen LogP contribution is 2.29. The molecule has 0 unspecified atom stereocenters. The molecule has 5 heteroatoms. The number of unbranched alkanes of at least 4 members (excludes halogenated alkanes) is 1. The number of allylic oxidation sites excluding steroid dienone is 1. The largest absolute Gasteiger partial charge is 0.457 e. The molecule has 0 aromatic carbocycles. The second-order valence-corrected chi connectivity index (χ2v) is 4.80. The second kappa shape index (κ2) is 6.07. The van der Waals surface area contributed by atoms with Crippen molar-refractivity contribution in [2.45, 2.75) is 58.7 Å². The van der Waals surface area contributed by atoms with Crippen LogP contribution in [0.3, 0.4) is 0 Å². The lowest BCUT2D eigenvalue weighted by molar-refractivity contribution is -0.149. The molecule has 2 nitrogen and oxygen atoms in total. The van der Waals surface area contributed by atoms with Crippen molar-refractivity contribution in [2.75, 3.05) is 0 Å². The highest BCUT2D eigenvalue weighted by Gasteiger charge is 2.34. The van der Waals surface area contributed by atoms with Crippen LogP contribution in [0.25, 0.3) is 0 Å². The van der Waals surface area contributed by atoms with Crippen LogP contribution in [0.5, 0.6) is 0 Å². The number of halogens is 3. The first-order valence-electron chi connectivity index (χ1n) is 5.57. The highest BCUT2D eigenvalue weighted by atomic mass is 19.4. The van der Waals surface area contributed by atoms with Gasteiger partial charge in [-0.05, 0) is 33.6 Å². The van der Waals surface area contributed by atoms with E-state index in [0.717, 1.165) is 0 Å². The summed E-state index contributed by atoms with van der Waals surface area (Å²) in [5, 5.41) is 0. The summed E-state index contributed by atoms with van der Waals surface area (Å²) in [5.74, 6) is -0.944. The van der Waals surface area contributed by atoms with Crippen LogP contribution in [0.4, 0.5) is 13.2 Å². The van der Waals surface area contributed by atoms with Crippen molar-refractivity contribution in [3.8, 4) is 0 Å². The Hall–Kier alpha value is -1.00. The summed E-state index contributed by atoms with van der Waals surface area (Å²) in [7, 11) is 0. The summed E-state index contributed by atoms with van der Waals surface area (Å²) >= 11 is 0. The van der Waals surface area contributed by atoms with Gasteiger partial charge in [-0.15, -0.1) is 0 Å². The molecule has 100 valence electrons. The molecule has 0 bridgehead atoms. The quantitative estimate of drug-likeness (QED) is 0.558. The molecule has 0 amide bonds. The Balaban J connectivity index is 4.74. The van der Waals surface area contributed by atoms with Gasteiger partial charge in [-0.25, -0.2) is 4.79 Å². The monoisotopic (exact) mass is 252 g/mol. The molecule has 0 aliphatic rings. The summed E-state index contributed by atoms with van der Waals surface area (Å²) in [4.78, 5) is 11.3. The van der Waals surface area contributed by atoms with E-state index in [2.05, 4.69) is 0 Å². The summed E-state index contributed by atoms with van der Waals surface area (Å²) in [6.07, 6.45) is -3.03. The molecular formula is C12H19F3O2. The number of carbonyl (C=O) groups excluding carboxylic acids is 1. The molecule has 0 heterocycles. The van der Waals surface area contributed by atoms with E-state index in [1.165, 1.54) is 0 Å². The van der Waals surface area contributed by atoms with Gasteiger partial charge in [0.1, 0.15) is 5.60 Å². The number of carbonyl (C=O) groups is 1.